The number of phenols is 1. The first-order chi connectivity index (χ1) is 11.5. The van der Waals surface area contributed by atoms with Gasteiger partial charge in [-0.1, -0.05) is 29.8 Å². The van der Waals surface area contributed by atoms with Gasteiger partial charge in [0, 0.05) is 11.6 Å². The molecule has 126 valence electrons. The Bertz CT molecular complexity index is 730. The van der Waals surface area contributed by atoms with E-state index in [1.807, 2.05) is 12.1 Å². The van der Waals surface area contributed by atoms with Crippen LogP contribution in [0.15, 0.2) is 42.5 Å². The molecule has 0 saturated carbocycles. The monoisotopic (exact) mass is 345 g/mol. The van der Waals surface area contributed by atoms with Gasteiger partial charge < -0.3 is 15.5 Å². The number of rotatable bonds is 4. The molecule has 1 aliphatic rings. The van der Waals surface area contributed by atoms with E-state index in [0.29, 0.717) is 28.8 Å². The second kappa shape index (κ2) is 7.24. The summed E-state index contributed by atoms with van der Waals surface area (Å²) in [6, 6.07) is 12.1. The third-order valence-corrected chi connectivity index (χ3v) is 4.77. The topological polar surface area (TPSA) is 69.6 Å². The summed E-state index contributed by atoms with van der Waals surface area (Å²) in [6.07, 6.45) is 1.53. The Labute approximate surface area is 146 Å². The summed E-state index contributed by atoms with van der Waals surface area (Å²) >= 11 is 5.81. The number of aliphatic hydroxyl groups is 1. The maximum absolute atomic E-state index is 12.1. The zero-order chi connectivity index (χ0) is 17.1. The summed E-state index contributed by atoms with van der Waals surface area (Å²) in [5, 5.41) is 23.0. The van der Waals surface area contributed by atoms with Gasteiger partial charge in [-0.15, -0.1) is 0 Å². The Balaban J connectivity index is 1.55. The number of hydrogen-bond donors (Lipinski definition) is 3. The highest BCUT2D eigenvalue weighted by molar-refractivity contribution is 6.30. The lowest BCUT2D eigenvalue weighted by atomic mass is 9.84. The van der Waals surface area contributed by atoms with Crippen molar-refractivity contribution < 1.29 is 15.0 Å². The Morgan fingerprint density at radius 3 is 2.71 bits per heavy atom. The molecule has 0 radical (unpaired) electrons. The highest BCUT2D eigenvalue weighted by atomic mass is 35.5. The number of fused-ring (bicyclic) bond motifs is 1. The van der Waals surface area contributed by atoms with Crippen molar-refractivity contribution in [2.75, 3.05) is 6.54 Å². The van der Waals surface area contributed by atoms with Crippen molar-refractivity contribution in [3.8, 4) is 5.75 Å². The molecule has 0 aromatic heterocycles. The number of hydrogen-bond acceptors (Lipinski definition) is 3. The van der Waals surface area contributed by atoms with Crippen LogP contribution in [0.3, 0.4) is 0 Å². The molecule has 0 spiro atoms. The Morgan fingerprint density at radius 2 is 1.96 bits per heavy atom. The molecule has 0 heterocycles. The summed E-state index contributed by atoms with van der Waals surface area (Å²) in [5.74, 6) is 0.240. The highest BCUT2D eigenvalue weighted by Crippen LogP contribution is 2.28. The third-order valence-electron chi connectivity index (χ3n) is 4.52. The van der Waals surface area contributed by atoms with E-state index in [2.05, 4.69) is 5.32 Å². The first kappa shape index (κ1) is 16.8. The zero-order valence-electron chi connectivity index (χ0n) is 13.2. The SMILES string of the molecule is O=C(NCC1CCc2cc(O)ccc2C1)C(O)c1ccc(Cl)cc1. The Hall–Kier alpha value is -2.04. The van der Waals surface area contributed by atoms with Gasteiger partial charge in [0.2, 0.25) is 0 Å². The molecule has 2 aromatic carbocycles. The minimum absolute atomic E-state index is 0.298. The lowest BCUT2D eigenvalue weighted by Gasteiger charge is -2.25. The van der Waals surface area contributed by atoms with Gasteiger partial charge in [0.05, 0.1) is 0 Å². The Kier molecular flexibility index (Phi) is 5.07. The van der Waals surface area contributed by atoms with E-state index in [0.717, 1.165) is 19.3 Å². The van der Waals surface area contributed by atoms with Crippen LogP contribution in [-0.4, -0.2) is 22.7 Å². The van der Waals surface area contributed by atoms with Crippen LogP contribution in [0.25, 0.3) is 0 Å². The molecule has 2 unspecified atom stereocenters. The van der Waals surface area contributed by atoms with Crippen molar-refractivity contribution >= 4 is 17.5 Å². The van der Waals surface area contributed by atoms with E-state index in [1.165, 1.54) is 11.1 Å². The van der Waals surface area contributed by atoms with Crippen molar-refractivity contribution in [3.05, 3.63) is 64.2 Å². The molecule has 3 rings (SSSR count). The predicted molar refractivity (Wildman–Crippen MR) is 93.0 cm³/mol. The summed E-state index contributed by atoms with van der Waals surface area (Å²) < 4.78 is 0. The molecule has 0 fully saturated rings. The van der Waals surface area contributed by atoms with Crippen LogP contribution < -0.4 is 5.32 Å². The van der Waals surface area contributed by atoms with Gasteiger partial charge >= 0.3 is 0 Å². The molecule has 5 heteroatoms. The molecule has 4 nitrogen and oxygen atoms in total. The number of nitrogens with one attached hydrogen (secondary N) is 1. The normalized spacial score (nSPS) is 17.8. The van der Waals surface area contributed by atoms with E-state index >= 15 is 0 Å². The summed E-state index contributed by atoms with van der Waals surface area (Å²) in [6.45, 7) is 0.532. The van der Waals surface area contributed by atoms with E-state index in [-0.39, 0.29) is 0 Å². The maximum Gasteiger partial charge on any atom is 0.253 e. The van der Waals surface area contributed by atoms with E-state index in [9.17, 15) is 15.0 Å². The number of halogens is 1. The second-order valence-electron chi connectivity index (χ2n) is 6.26. The van der Waals surface area contributed by atoms with Crippen molar-refractivity contribution in [3.63, 3.8) is 0 Å². The predicted octanol–water partition coefficient (Wildman–Crippen LogP) is 3.00. The summed E-state index contributed by atoms with van der Waals surface area (Å²) in [5.41, 5.74) is 2.93. The van der Waals surface area contributed by atoms with Crippen LogP contribution in [0.2, 0.25) is 5.02 Å². The van der Waals surface area contributed by atoms with Crippen molar-refractivity contribution in [2.24, 2.45) is 5.92 Å². The van der Waals surface area contributed by atoms with Crippen LogP contribution in [0.5, 0.6) is 5.75 Å². The maximum atomic E-state index is 12.1. The fraction of sp³-hybridized carbons (Fsp3) is 0.316. The number of aryl methyl sites for hydroxylation is 1. The van der Waals surface area contributed by atoms with Crippen molar-refractivity contribution in [1.82, 2.24) is 5.32 Å². The number of aliphatic hydroxyl groups excluding tert-OH is 1. The van der Waals surface area contributed by atoms with Gasteiger partial charge in [-0.05, 0) is 66.1 Å². The number of amides is 1. The van der Waals surface area contributed by atoms with E-state index < -0.39 is 12.0 Å². The molecule has 3 N–H and O–H groups in total. The lowest BCUT2D eigenvalue weighted by Crippen LogP contribution is -2.35. The quantitative estimate of drug-likeness (QED) is 0.797. The molecular weight excluding hydrogens is 326 g/mol. The van der Waals surface area contributed by atoms with Crippen LogP contribution in [-0.2, 0) is 17.6 Å². The summed E-state index contributed by atoms with van der Waals surface area (Å²) in [4.78, 5) is 12.1. The second-order valence-corrected chi connectivity index (χ2v) is 6.70. The smallest absolute Gasteiger partial charge is 0.253 e. The molecule has 0 saturated heterocycles. The van der Waals surface area contributed by atoms with Crippen molar-refractivity contribution in [1.29, 1.82) is 0 Å². The highest BCUT2D eigenvalue weighted by Gasteiger charge is 2.22. The fourth-order valence-electron chi connectivity index (χ4n) is 3.13. The van der Waals surface area contributed by atoms with E-state index in [4.69, 9.17) is 11.6 Å². The average Bonchev–Trinajstić information content (AvgIpc) is 2.59. The first-order valence-electron chi connectivity index (χ1n) is 8.05. The Morgan fingerprint density at radius 1 is 1.21 bits per heavy atom. The molecule has 1 amide bonds. The largest absolute Gasteiger partial charge is 0.508 e. The molecule has 2 atom stereocenters. The van der Waals surface area contributed by atoms with E-state index in [1.54, 1.807) is 30.3 Å². The third kappa shape index (κ3) is 3.89. The number of aromatic hydroxyl groups is 1. The molecule has 24 heavy (non-hydrogen) atoms. The van der Waals surface area contributed by atoms with Gasteiger partial charge in [-0.25, -0.2) is 0 Å². The standard InChI is InChI=1S/C19H20ClNO3/c20-16-6-3-13(4-7-16)18(23)19(24)21-11-12-1-2-15-10-17(22)8-5-14(15)9-12/h3-8,10,12,18,22-23H,1-2,9,11H2,(H,21,24). The fourth-order valence-corrected chi connectivity index (χ4v) is 3.26. The van der Waals surface area contributed by atoms with Gasteiger partial charge in [0.1, 0.15) is 5.75 Å². The number of carbonyl (C=O) groups is 1. The first-order valence-corrected chi connectivity index (χ1v) is 8.43. The minimum Gasteiger partial charge on any atom is -0.508 e. The minimum atomic E-state index is -1.19. The molecule has 1 aliphatic carbocycles. The lowest BCUT2D eigenvalue weighted by molar-refractivity contribution is -0.129. The van der Waals surface area contributed by atoms with Gasteiger partial charge in [0.15, 0.2) is 6.10 Å². The van der Waals surface area contributed by atoms with Crippen LogP contribution >= 0.6 is 11.6 Å². The number of carbonyl (C=O) groups excluding carboxylic acids is 1. The summed E-state index contributed by atoms with van der Waals surface area (Å²) in [7, 11) is 0. The van der Waals surface area contributed by atoms with Crippen LogP contribution in [0.1, 0.15) is 29.2 Å². The molecule has 0 bridgehead atoms. The number of phenolic OH excluding ortho intramolecular Hbond substituents is 1. The molecule has 2 aromatic rings. The zero-order valence-corrected chi connectivity index (χ0v) is 14.0. The molecular formula is C19H20ClNO3. The molecule has 0 aliphatic heterocycles. The average molecular weight is 346 g/mol. The van der Waals surface area contributed by atoms with Gasteiger partial charge in [-0.3, -0.25) is 4.79 Å². The van der Waals surface area contributed by atoms with Gasteiger partial charge in [-0.2, -0.15) is 0 Å². The van der Waals surface area contributed by atoms with Crippen molar-refractivity contribution in [2.45, 2.75) is 25.4 Å². The van der Waals surface area contributed by atoms with Crippen LogP contribution in [0.4, 0.5) is 0 Å². The number of benzene rings is 2. The van der Waals surface area contributed by atoms with Gasteiger partial charge in [0.25, 0.3) is 5.91 Å². The van der Waals surface area contributed by atoms with Crippen LogP contribution in [0, 0.1) is 5.92 Å².